The maximum Gasteiger partial charge on any atom is 1.00 e. The molecule has 0 unspecified atom stereocenters. The topological polar surface area (TPSA) is 3.24 Å². The van der Waals surface area contributed by atoms with Gasteiger partial charge in [-0.1, -0.05) is 6.07 Å². The molecule has 0 fully saturated rings. The fraction of sp³-hybridized carbons (Fsp3) is 0.273. The average Bonchev–Trinajstić information content (AvgIpc) is 2.24. The second kappa shape index (κ2) is 7.69. The SMILES string of the molecule is C=C(CN(CC)c1cccc(F)c1)[B-](F)(F)F.[K+]. The minimum atomic E-state index is -5.05. The van der Waals surface area contributed by atoms with Crippen LogP contribution in [0.15, 0.2) is 36.3 Å². The molecule has 0 amide bonds. The smallest absolute Gasteiger partial charge is 0.445 e. The summed E-state index contributed by atoms with van der Waals surface area (Å²) in [6.07, 6.45) is 0. The van der Waals surface area contributed by atoms with E-state index in [2.05, 4.69) is 6.58 Å². The van der Waals surface area contributed by atoms with Gasteiger partial charge >= 0.3 is 58.4 Å². The predicted octanol–water partition coefficient (Wildman–Crippen LogP) is 0.599. The summed E-state index contributed by atoms with van der Waals surface area (Å²) in [5.74, 6) is -0.468. The molecule has 0 atom stereocenters. The van der Waals surface area contributed by atoms with Gasteiger partial charge in [-0.3, -0.25) is 0 Å². The molecule has 94 valence electrons. The molecule has 0 aromatic heterocycles. The number of anilines is 1. The summed E-state index contributed by atoms with van der Waals surface area (Å²) in [7, 11) is 0. The van der Waals surface area contributed by atoms with Gasteiger partial charge in [-0.2, -0.15) is 0 Å². The molecular formula is C11H13BF4KN. The average molecular weight is 285 g/mol. The molecule has 0 aliphatic heterocycles. The molecule has 0 radical (unpaired) electrons. The van der Waals surface area contributed by atoms with E-state index in [0.29, 0.717) is 12.2 Å². The van der Waals surface area contributed by atoms with Crippen molar-refractivity contribution in [3.05, 3.63) is 42.1 Å². The number of rotatable bonds is 5. The summed E-state index contributed by atoms with van der Waals surface area (Å²) in [6, 6.07) is 5.50. The van der Waals surface area contributed by atoms with Crippen molar-refractivity contribution in [1.82, 2.24) is 0 Å². The Kier molecular flexibility index (Phi) is 7.77. The van der Waals surface area contributed by atoms with Crippen molar-refractivity contribution in [1.29, 1.82) is 0 Å². The third kappa shape index (κ3) is 5.44. The van der Waals surface area contributed by atoms with E-state index in [1.54, 1.807) is 13.0 Å². The minimum absolute atomic E-state index is 0. The normalized spacial score (nSPS) is 10.7. The van der Waals surface area contributed by atoms with Crippen LogP contribution in [-0.2, 0) is 0 Å². The number of benzene rings is 1. The van der Waals surface area contributed by atoms with Gasteiger partial charge in [0.15, 0.2) is 0 Å². The summed E-state index contributed by atoms with van der Waals surface area (Å²) in [5.41, 5.74) is -0.357. The van der Waals surface area contributed by atoms with Crippen molar-refractivity contribution >= 4 is 12.7 Å². The number of hydrogen-bond donors (Lipinski definition) is 0. The van der Waals surface area contributed by atoms with Gasteiger partial charge in [0.1, 0.15) is 5.82 Å². The van der Waals surface area contributed by atoms with E-state index in [9.17, 15) is 17.3 Å². The monoisotopic (exact) mass is 285 g/mol. The second-order valence-corrected chi connectivity index (χ2v) is 3.73. The zero-order valence-corrected chi connectivity index (χ0v) is 13.6. The summed E-state index contributed by atoms with van der Waals surface area (Å²) in [5, 5.41) is 0. The van der Waals surface area contributed by atoms with E-state index >= 15 is 0 Å². The number of nitrogens with zero attached hydrogens (tertiary/aromatic N) is 1. The molecule has 0 bridgehead atoms. The van der Waals surface area contributed by atoms with Crippen molar-refractivity contribution in [2.24, 2.45) is 0 Å². The van der Waals surface area contributed by atoms with Crippen molar-refractivity contribution in [3.63, 3.8) is 0 Å². The molecule has 0 heterocycles. The van der Waals surface area contributed by atoms with Gasteiger partial charge in [-0.25, -0.2) is 4.39 Å². The summed E-state index contributed by atoms with van der Waals surface area (Å²) < 4.78 is 50.2. The Labute approximate surface area is 147 Å². The first kappa shape index (κ1) is 18.2. The first-order valence-corrected chi connectivity index (χ1v) is 5.22. The van der Waals surface area contributed by atoms with Crippen LogP contribution in [0.1, 0.15) is 6.92 Å². The minimum Gasteiger partial charge on any atom is -0.445 e. The summed E-state index contributed by atoms with van der Waals surface area (Å²) in [4.78, 5) is 1.43. The van der Waals surface area contributed by atoms with Gasteiger partial charge in [0, 0.05) is 18.8 Å². The van der Waals surface area contributed by atoms with Crippen LogP contribution in [-0.4, -0.2) is 20.1 Å². The Morgan fingerprint density at radius 1 is 1.33 bits per heavy atom. The number of hydrogen-bond acceptors (Lipinski definition) is 1. The Morgan fingerprint density at radius 2 is 1.94 bits per heavy atom. The molecule has 18 heavy (non-hydrogen) atoms. The zero-order valence-electron chi connectivity index (χ0n) is 10.5. The van der Waals surface area contributed by atoms with Gasteiger partial charge in [0.2, 0.25) is 0 Å². The van der Waals surface area contributed by atoms with Crippen LogP contribution in [0.4, 0.5) is 23.0 Å². The standard InChI is InChI=1S/C11H13BF4N.K/c1-3-17(8-9(2)12(14,15)16)11-6-4-5-10(13)7-11;/h4-7H,2-3,8H2,1H3;/q-1;+1. The molecule has 1 aromatic rings. The van der Waals surface area contributed by atoms with E-state index in [4.69, 9.17) is 0 Å². The molecule has 7 heteroatoms. The van der Waals surface area contributed by atoms with Crippen LogP contribution in [0.5, 0.6) is 0 Å². The molecule has 1 aromatic carbocycles. The first-order chi connectivity index (χ1) is 7.84. The predicted molar refractivity (Wildman–Crippen MR) is 62.5 cm³/mol. The van der Waals surface area contributed by atoms with E-state index in [0.717, 1.165) is 0 Å². The van der Waals surface area contributed by atoms with Gasteiger partial charge in [-0.15, -0.1) is 12.1 Å². The molecule has 0 aliphatic rings. The maximum atomic E-state index is 13.0. The van der Waals surface area contributed by atoms with Crippen LogP contribution in [0, 0.1) is 5.82 Å². The van der Waals surface area contributed by atoms with Crippen LogP contribution in [0.25, 0.3) is 0 Å². The molecule has 0 saturated heterocycles. The third-order valence-electron chi connectivity index (χ3n) is 2.41. The number of halogens is 4. The van der Waals surface area contributed by atoms with Crippen LogP contribution in [0.2, 0.25) is 0 Å². The van der Waals surface area contributed by atoms with Crippen LogP contribution >= 0.6 is 0 Å². The number of likely N-dealkylation sites (N-methyl/N-ethyl adjacent to an activating group) is 1. The van der Waals surface area contributed by atoms with Gasteiger partial charge in [-0.05, 0) is 25.1 Å². The Bertz CT molecular complexity index is 408. The van der Waals surface area contributed by atoms with Crippen molar-refractivity contribution < 1.29 is 68.7 Å². The molecule has 0 aliphatic carbocycles. The van der Waals surface area contributed by atoms with Crippen LogP contribution in [0.3, 0.4) is 0 Å². The van der Waals surface area contributed by atoms with E-state index in [1.807, 2.05) is 0 Å². The van der Waals surface area contributed by atoms with Crippen LogP contribution < -0.4 is 56.3 Å². The quantitative estimate of drug-likeness (QED) is 0.565. The fourth-order valence-corrected chi connectivity index (χ4v) is 1.41. The van der Waals surface area contributed by atoms with Crippen molar-refractivity contribution in [3.8, 4) is 0 Å². The van der Waals surface area contributed by atoms with E-state index in [1.165, 1.54) is 23.1 Å². The van der Waals surface area contributed by atoms with Gasteiger partial charge in [0.05, 0.1) is 0 Å². The van der Waals surface area contributed by atoms with E-state index in [-0.39, 0.29) is 57.9 Å². The van der Waals surface area contributed by atoms with Crippen molar-refractivity contribution in [2.75, 3.05) is 18.0 Å². The molecular weight excluding hydrogens is 272 g/mol. The summed E-state index contributed by atoms with van der Waals surface area (Å²) >= 11 is 0. The molecule has 0 N–H and O–H groups in total. The Balaban J connectivity index is 0.00000289. The van der Waals surface area contributed by atoms with Gasteiger partial charge < -0.3 is 17.8 Å². The largest absolute Gasteiger partial charge is 1.00 e. The third-order valence-corrected chi connectivity index (χ3v) is 2.41. The first-order valence-electron chi connectivity index (χ1n) is 5.22. The Hall–Kier alpha value is 0.181. The zero-order chi connectivity index (χ0) is 13.1. The second-order valence-electron chi connectivity index (χ2n) is 3.73. The Morgan fingerprint density at radius 3 is 2.39 bits per heavy atom. The molecule has 0 saturated carbocycles. The van der Waals surface area contributed by atoms with Gasteiger partial charge in [0.25, 0.3) is 0 Å². The van der Waals surface area contributed by atoms with Crippen molar-refractivity contribution in [2.45, 2.75) is 6.92 Å². The molecule has 1 nitrogen and oxygen atoms in total. The fourth-order valence-electron chi connectivity index (χ4n) is 1.41. The maximum absolute atomic E-state index is 13.0. The van der Waals surface area contributed by atoms with E-state index < -0.39 is 18.3 Å². The molecule has 0 spiro atoms. The summed E-state index contributed by atoms with van der Waals surface area (Å²) in [6.45, 7) is -0.281. The molecule has 1 rings (SSSR count).